The Kier molecular flexibility index (Phi) is 5.39. The number of carbonyl (C=O) groups is 2. The van der Waals surface area contributed by atoms with Crippen LogP contribution in [0.15, 0.2) is 30.3 Å². The third kappa shape index (κ3) is 4.02. The molecule has 0 N–H and O–H groups in total. The zero-order valence-electron chi connectivity index (χ0n) is 14.9. The van der Waals surface area contributed by atoms with Crippen LogP contribution in [0.2, 0.25) is 0 Å². The van der Waals surface area contributed by atoms with Crippen molar-refractivity contribution in [2.24, 2.45) is 0 Å². The summed E-state index contributed by atoms with van der Waals surface area (Å²) in [6.45, 7) is 6.02. The minimum absolute atomic E-state index is 0.0224. The van der Waals surface area contributed by atoms with Crippen LogP contribution in [0.3, 0.4) is 0 Å². The molecule has 1 spiro atoms. The zero-order valence-corrected chi connectivity index (χ0v) is 14.9. The Balaban J connectivity index is 1.60. The van der Waals surface area contributed by atoms with Crippen LogP contribution in [0.5, 0.6) is 0 Å². The average molecular weight is 346 g/mol. The number of hydrogen-bond acceptors (Lipinski definition) is 4. The van der Waals surface area contributed by atoms with Gasteiger partial charge >= 0.3 is 0 Å². The predicted octanol–water partition coefficient (Wildman–Crippen LogP) is 1.96. The molecule has 136 valence electrons. The summed E-state index contributed by atoms with van der Waals surface area (Å²) in [5, 5.41) is 0. The number of piperidine rings is 1. The van der Waals surface area contributed by atoms with E-state index in [4.69, 9.17) is 9.47 Å². The molecule has 0 bridgehead atoms. The molecule has 1 aromatic carbocycles. The van der Waals surface area contributed by atoms with E-state index in [1.54, 1.807) is 4.90 Å². The highest BCUT2D eigenvalue weighted by molar-refractivity contribution is 5.84. The van der Waals surface area contributed by atoms with Crippen molar-refractivity contribution in [3.05, 3.63) is 35.9 Å². The monoisotopic (exact) mass is 346 g/mol. The number of amides is 2. The van der Waals surface area contributed by atoms with E-state index in [0.29, 0.717) is 39.1 Å². The Morgan fingerprint density at radius 1 is 1.16 bits per heavy atom. The lowest BCUT2D eigenvalue weighted by atomic mass is 10.0. The average Bonchev–Trinajstić information content (AvgIpc) is 3.08. The molecule has 2 aliphatic heterocycles. The number of ether oxygens (including phenoxy) is 2. The lowest BCUT2D eigenvalue weighted by Crippen LogP contribution is -2.50. The molecule has 6 heteroatoms. The summed E-state index contributed by atoms with van der Waals surface area (Å²) in [7, 11) is 0. The Morgan fingerprint density at radius 3 is 2.32 bits per heavy atom. The third-order valence-corrected chi connectivity index (χ3v) is 5.15. The van der Waals surface area contributed by atoms with Crippen molar-refractivity contribution in [2.45, 2.75) is 38.5 Å². The molecule has 3 rings (SSSR count). The molecule has 2 saturated heterocycles. The molecule has 0 aromatic heterocycles. The van der Waals surface area contributed by atoms with Gasteiger partial charge in [-0.15, -0.1) is 0 Å². The van der Waals surface area contributed by atoms with Crippen LogP contribution in [0.1, 0.15) is 38.3 Å². The van der Waals surface area contributed by atoms with Crippen LogP contribution < -0.4 is 0 Å². The molecule has 1 atom stereocenters. The molecule has 6 nitrogen and oxygen atoms in total. The first-order valence-electron chi connectivity index (χ1n) is 8.89. The molecule has 2 amide bonds. The van der Waals surface area contributed by atoms with Crippen molar-refractivity contribution < 1.29 is 19.1 Å². The smallest absolute Gasteiger partial charge is 0.242 e. The number of likely N-dealkylation sites (tertiary alicyclic amines) is 1. The van der Waals surface area contributed by atoms with E-state index in [1.807, 2.05) is 42.2 Å². The molecule has 1 unspecified atom stereocenters. The fourth-order valence-electron chi connectivity index (χ4n) is 3.56. The molecule has 2 aliphatic rings. The van der Waals surface area contributed by atoms with Crippen LogP contribution in [0.25, 0.3) is 0 Å². The van der Waals surface area contributed by atoms with Gasteiger partial charge in [0.15, 0.2) is 5.79 Å². The van der Waals surface area contributed by atoms with Gasteiger partial charge in [-0.1, -0.05) is 30.3 Å². The summed E-state index contributed by atoms with van der Waals surface area (Å²) in [5.74, 6) is -0.611. The minimum atomic E-state index is -0.492. The van der Waals surface area contributed by atoms with E-state index in [2.05, 4.69) is 0 Å². The highest BCUT2D eigenvalue weighted by Gasteiger charge is 2.41. The second-order valence-corrected chi connectivity index (χ2v) is 6.72. The van der Waals surface area contributed by atoms with Gasteiger partial charge in [-0.05, 0) is 12.5 Å². The maximum absolute atomic E-state index is 12.7. The van der Waals surface area contributed by atoms with Crippen molar-refractivity contribution in [2.75, 3.05) is 32.8 Å². The van der Waals surface area contributed by atoms with Gasteiger partial charge in [0.1, 0.15) is 6.54 Å². The van der Waals surface area contributed by atoms with Crippen LogP contribution in [0, 0.1) is 0 Å². The maximum atomic E-state index is 12.7. The largest absolute Gasteiger partial charge is 0.347 e. The highest BCUT2D eigenvalue weighted by Crippen LogP contribution is 2.31. The number of carbonyl (C=O) groups excluding carboxylic acids is 2. The molecule has 2 fully saturated rings. The van der Waals surface area contributed by atoms with Crippen molar-refractivity contribution in [3.8, 4) is 0 Å². The summed E-state index contributed by atoms with van der Waals surface area (Å²) >= 11 is 0. The van der Waals surface area contributed by atoms with Gasteiger partial charge in [0.05, 0.1) is 19.3 Å². The van der Waals surface area contributed by atoms with E-state index in [0.717, 1.165) is 5.56 Å². The van der Waals surface area contributed by atoms with Crippen LogP contribution >= 0.6 is 0 Å². The topological polar surface area (TPSA) is 59.1 Å². The van der Waals surface area contributed by atoms with Crippen LogP contribution in [-0.2, 0) is 19.1 Å². The first kappa shape index (κ1) is 17.9. The van der Waals surface area contributed by atoms with E-state index in [1.165, 1.54) is 6.92 Å². The minimum Gasteiger partial charge on any atom is -0.347 e. The fraction of sp³-hybridized carbons (Fsp3) is 0.579. The Morgan fingerprint density at radius 2 is 1.76 bits per heavy atom. The van der Waals surface area contributed by atoms with Crippen molar-refractivity contribution in [1.82, 2.24) is 9.80 Å². The van der Waals surface area contributed by atoms with E-state index in [9.17, 15) is 9.59 Å². The fourth-order valence-corrected chi connectivity index (χ4v) is 3.56. The predicted molar refractivity (Wildman–Crippen MR) is 92.7 cm³/mol. The molecule has 1 aromatic rings. The number of hydrogen-bond donors (Lipinski definition) is 0. The second kappa shape index (κ2) is 7.54. The Bertz CT molecular complexity index is 603. The lowest BCUT2D eigenvalue weighted by molar-refractivity contribution is -0.188. The molecule has 0 saturated carbocycles. The van der Waals surface area contributed by atoms with Crippen molar-refractivity contribution in [3.63, 3.8) is 0 Å². The van der Waals surface area contributed by atoms with Gasteiger partial charge in [-0.2, -0.15) is 0 Å². The quantitative estimate of drug-likeness (QED) is 0.836. The standard InChI is InChI=1S/C19H26N2O4/c1-15(17-6-4-3-5-7-17)21(16(2)22)14-18(23)20-10-8-19(9-11-20)24-12-13-25-19/h3-7,15H,8-14H2,1-2H3. The number of benzene rings is 1. The first-order valence-corrected chi connectivity index (χ1v) is 8.89. The Labute approximate surface area is 148 Å². The van der Waals surface area contributed by atoms with Crippen LogP contribution in [0.4, 0.5) is 0 Å². The lowest BCUT2D eigenvalue weighted by Gasteiger charge is -2.38. The SMILES string of the molecule is CC(=O)N(CC(=O)N1CCC2(CC1)OCCO2)C(C)c1ccccc1. The Hall–Kier alpha value is -1.92. The third-order valence-electron chi connectivity index (χ3n) is 5.15. The summed E-state index contributed by atoms with van der Waals surface area (Å²) in [6, 6.07) is 9.64. The molecule has 0 radical (unpaired) electrons. The van der Waals surface area contributed by atoms with Gasteiger partial charge in [-0.25, -0.2) is 0 Å². The molecule has 25 heavy (non-hydrogen) atoms. The van der Waals surface area contributed by atoms with E-state index >= 15 is 0 Å². The van der Waals surface area contributed by atoms with Gasteiger partial charge in [-0.3, -0.25) is 9.59 Å². The summed E-state index contributed by atoms with van der Waals surface area (Å²) in [5.41, 5.74) is 1.02. The van der Waals surface area contributed by atoms with Gasteiger partial charge in [0.2, 0.25) is 11.8 Å². The normalized spacial score (nSPS) is 20.5. The van der Waals surface area contributed by atoms with Crippen LogP contribution in [-0.4, -0.2) is 60.2 Å². The maximum Gasteiger partial charge on any atom is 0.242 e. The summed E-state index contributed by atoms with van der Waals surface area (Å²) in [6.07, 6.45) is 1.38. The first-order chi connectivity index (χ1) is 12.0. The van der Waals surface area contributed by atoms with Crippen molar-refractivity contribution in [1.29, 1.82) is 0 Å². The molecular weight excluding hydrogens is 320 g/mol. The molecule has 0 aliphatic carbocycles. The summed E-state index contributed by atoms with van der Waals surface area (Å²) < 4.78 is 11.4. The van der Waals surface area contributed by atoms with Gasteiger partial charge in [0.25, 0.3) is 0 Å². The van der Waals surface area contributed by atoms with Crippen molar-refractivity contribution >= 4 is 11.8 Å². The van der Waals surface area contributed by atoms with Gasteiger partial charge < -0.3 is 19.3 Å². The summed E-state index contributed by atoms with van der Waals surface area (Å²) in [4.78, 5) is 28.2. The molecule has 2 heterocycles. The second-order valence-electron chi connectivity index (χ2n) is 6.72. The number of nitrogens with zero attached hydrogens (tertiary/aromatic N) is 2. The van der Waals surface area contributed by atoms with E-state index in [-0.39, 0.29) is 24.4 Å². The van der Waals surface area contributed by atoms with Gasteiger partial charge in [0, 0.05) is 32.9 Å². The number of rotatable bonds is 4. The zero-order chi connectivity index (χ0) is 17.9. The highest BCUT2D eigenvalue weighted by atomic mass is 16.7. The molecular formula is C19H26N2O4. The van der Waals surface area contributed by atoms with E-state index < -0.39 is 5.79 Å².